The van der Waals surface area contributed by atoms with Crippen LogP contribution in [-0.4, -0.2) is 34.3 Å². The summed E-state index contributed by atoms with van der Waals surface area (Å²) in [6.45, 7) is 4.14. The highest BCUT2D eigenvalue weighted by molar-refractivity contribution is 7.89. The molecule has 3 rings (SSSR count). The van der Waals surface area contributed by atoms with Crippen LogP contribution in [0.25, 0.3) is 0 Å². The summed E-state index contributed by atoms with van der Waals surface area (Å²) in [6.07, 6.45) is 0.787. The molecular weight excluding hydrogens is 373 g/mol. The van der Waals surface area contributed by atoms with Gasteiger partial charge in [-0.3, -0.25) is 0 Å². The quantitative estimate of drug-likeness (QED) is 0.730. The molecule has 146 valence electrons. The van der Waals surface area contributed by atoms with Crippen LogP contribution in [0.1, 0.15) is 19.4 Å². The summed E-state index contributed by atoms with van der Waals surface area (Å²) < 4.78 is 57.0. The van der Waals surface area contributed by atoms with E-state index in [1.165, 1.54) is 19.2 Å². The molecule has 0 unspecified atom stereocenters. The molecule has 2 aromatic carbocycles. The van der Waals surface area contributed by atoms with Gasteiger partial charge < -0.3 is 14.2 Å². The molecular formula is C19H22FNO5S. The highest BCUT2D eigenvalue weighted by Crippen LogP contribution is 2.41. The third-order valence-corrected chi connectivity index (χ3v) is 5.60. The number of sulfonamides is 1. The third kappa shape index (κ3) is 4.33. The molecule has 0 bridgehead atoms. The van der Waals surface area contributed by atoms with Crippen LogP contribution in [0.5, 0.6) is 17.2 Å². The van der Waals surface area contributed by atoms with E-state index in [4.69, 9.17) is 14.2 Å². The number of hydrogen-bond donors (Lipinski definition) is 1. The Bertz CT molecular complexity index is 943. The monoisotopic (exact) mass is 395 g/mol. The molecule has 0 saturated heterocycles. The molecule has 1 heterocycles. The van der Waals surface area contributed by atoms with E-state index in [9.17, 15) is 12.8 Å². The van der Waals surface area contributed by atoms with Crippen molar-refractivity contribution < 1.29 is 27.0 Å². The van der Waals surface area contributed by atoms with Crippen molar-refractivity contribution in [3.8, 4) is 17.2 Å². The highest BCUT2D eigenvalue weighted by Gasteiger charge is 2.32. The molecule has 0 fully saturated rings. The molecule has 2 aromatic rings. The van der Waals surface area contributed by atoms with Crippen LogP contribution in [0.3, 0.4) is 0 Å². The molecule has 1 aliphatic rings. The molecule has 8 heteroatoms. The Morgan fingerprint density at radius 3 is 2.70 bits per heavy atom. The standard InChI is InChI=1S/C19H22FNO5S/c1-19(2)12-13-5-4-6-17(18(13)26-19)25-10-9-21-27(22,23)14-7-8-16(24-3)15(20)11-14/h4-8,11,21H,9-10,12H2,1-3H3. The lowest BCUT2D eigenvalue weighted by Gasteiger charge is -2.18. The molecule has 0 atom stereocenters. The van der Waals surface area contributed by atoms with E-state index in [1.54, 1.807) is 6.07 Å². The minimum Gasteiger partial charge on any atom is -0.494 e. The van der Waals surface area contributed by atoms with Crippen LogP contribution in [-0.2, 0) is 16.4 Å². The Balaban J connectivity index is 1.60. The molecule has 6 nitrogen and oxygen atoms in total. The summed E-state index contributed by atoms with van der Waals surface area (Å²) in [5.41, 5.74) is 0.772. The summed E-state index contributed by atoms with van der Waals surface area (Å²) in [7, 11) is -2.54. The van der Waals surface area contributed by atoms with Crippen molar-refractivity contribution in [2.24, 2.45) is 0 Å². The van der Waals surface area contributed by atoms with Crippen LogP contribution in [0.4, 0.5) is 4.39 Å². The van der Waals surface area contributed by atoms with Crippen molar-refractivity contribution in [1.82, 2.24) is 4.72 Å². The van der Waals surface area contributed by atoms with E-state index in [1.807, 2.05) is 26.0 Å². The van der Waals surface area contributed by atoms with Gasteiger partial charge in [-0.25, -0.2) is 17.5 Å². The number of fused-ring (bicyclic) bond motifs is 1. The fourth-order valence-corrected chi connectivity index (χ4v) is 3.96. The third-order valence-electron chi connectivity index (χ3n) is 4.14. The van der Waals surface area contributed by atoms with E-state index in [0.717, 1.165) is 18.1 Å². The minimum absolute atomic E-state index is 0.0156. The second kappa shape index (κ2) is 7.36. The van der Waals surface area contributed by atoms with Gasteiger partial charge in [0.2, 0.25) is 10.0 Å². The molecule has 0 radical (unpaired) electrons. The van der Waals surface area contributed by atoms with Gasteiger partial charge in [0.1, 0.15) is 12.2 Å². The van der Waals surface area contributed by atoms with Crippen molar-refractivity contribution in [2.75, 3.05) is 20.3 Å². The second-order valence-corrected chi connectivity index (χ2v) is 8.59. The van der Waals surface area contributed by atoms with Gasteiger partial charge in [-0.1, -0.05) is 12.1 Å². The van der Waals surface area contributed by atoms with Crippen molar-refractivity contribution in [2.45, 2.75) is 30.8 Å². The van der Waals surface area contributed by atoms with E-state index in [2.05, 4.69) is 4.72 Å². The van der Waals surface area contributed by atoms with Gasteiger partial charge in [0.25, 0.3) is 0 Å². The summed E-state index contributed by atoms with van der Waals surface area (Å²) in [5.74, 6) is 0.518. The number of rotatable bonds is 7. The highest BCUT2D eigenvalue weighted by atomic mass is 32.2. The topological polar surface area (TPSA) is 73.9 Å². The summed E-state index contributed by atoms with van der Waals surface area (Å²) in [6, 6.07) is 9.12. The zero-order valence-corrected chi connectivity index (χ0v) is 16.2. The zero-order valence-electron chi connectivity index (χ0n) is 15.4. The van der Waals surface area contributed by atoms with E-state index in [-0.39, 0.29) is 29.4 Å². The SMILES string of the molecule is COc1ccc(S(=O)(=O)NCCOc2cccc3c2OC(C)(C)C3)cc1F. The Morgan fingerprint density at radius 1 is 1.22 bits per heavy atom. The van der Waals surface area contributed by atoms with Gasteiger partial charge in [0.15, 0.2) is 23.1 Å². The van der Waals surface area contributed by atoms with Crippen LogP contribution in [0.2, 0.25) is 0 Å². The van der Waals surface area contributed by atoms with Gasteiger partial charge in [0, 0.05) is 18.5 Å². The maximum atomic E-state index is 13.7. The number of para-hydroxylation sites is 1. The Kier molecular flexibility index (Phi) is 5.30. The lowest BCUT2D eigenvalue weighted by atomic mass is 10.0. The Labute approximate surface area is 158 Å². The van der Waals surface area contributed by atoms with Gasteiger partial charge in [-0.15, -0.1) is 0 Å². The van der Waals surface area contributed by atoms with Gasteiger partial charge in [-0.05, 0) is 38.1 Å². The van der Waals surface area contributed by atoms with Gasteiger partial charge in [0.05, 0.1) is 12.0 Å². The largest absolute Gasteiger partial charge is 0.494 e. The summed E-state index contributed by atoms with van der Waals surface area (Å²) in [5, 5.41) is 0. The minimum atomic E-state index is -3.85. The fraction of sp³-hybridized carbons (Fsp3) is 0.368. The fourth-order valence-electron chi connectivity index (χ4n) is 2.94. The molecule has 0 aromatic heterocycles. The average Bonchev–Trinajstić information content (AvgIpc) is 2.93. The van der Waals surface area contributed by atoms with Crippen molar-refractivity contribution >= 4 is 10.0 Å². The predicted octanol–water partition coefficient (Wildman–Crippen LogP) is 2.91. The molecule has 1 N–H and O–H groups in total. The van der Waals surface area contributed by atoms with Crippen LogP contribution >= 0.6 is 0 Å². The maximum absolute atomic E-state index is 13.7. The number of hydrogen-bond acceptors (Lipinski definition) is 5. The van der Waals surface area contributed by atoms with Crippen LogP contribution in [0.15, 0.2) is 41.3 Å². The first-order valence-corrected chi connectivity index (χ1v) is 9.97. The molecule has 0 amide bonds. The predicted molar refractivity (Wildman–Crippen MR) is 98.5 cm³/mol. The number of halogens is 1. The maximum Gasteiger partial charge on any atom is 0.240 e. The first-order chi connectivity index (χ1) is 12.7. The lowest BCUT2D eigenvalue weighted by Crippen LogP contribution is -2.28. The van der Waals surface area contributed by atoms with Gasteiger partial charge >= 0.3 is 0 Å². The van der Waals surface area contributed by atoms with Crippen molar-refractivity contribution in [3.05, 3.63) is 47.8 Å². The number of nitrogens with one attached hydrogen (secondary N) is 1. The number of benzene rings is 2. The summed E-state index contributed by atoms with van der Waals surface area (Å²) in [4.78, 5) is -0.175. The zero-order chi connectivity index (χ0) is 19.7. The molecule has 27 heavy (non-hydrogen) atoms. The average molecular weight is 395 g/mol. The van der Waals surface area contributed by atoms with E-state index in [0.29, 0.717) is 11.5 Å². The van der Waals surface area contributed by atoms with Gasteiger partial charge in [-0.2, -0.15) is 0 Å². The molecule has 0 spiro atoms. The lowest BCUT2D eigenvalue weighted by molar-refractivity contribution is 0.132. The molecule has 0 aliphatic carbocycles. The van der Waals surface area contributed by atoms with Crippen molar-refractivity contribution in [1.29, 1.82) is 0 Å². The number of ether oxygens (including phenoxy) is 3. The summed E-state index contributed by atoms with van der Waals surface area (Å²) >= 11 is 0. The Hall–Kier alpha value is -2.32. The normalized spacial score (nSPS) is 15.1. The second-order valence-electron chi connectivity index (χ2n) is 6.83. The first kappa shape index (κ1) is 19.4. The van der Waals surface area contributed by atoms with E-state index >= 15 is 0 Å². The van der Waals surface area contributed by atoms with Crippen LogP contribution in [0, 0.1) is 5.82 Å². The first-order valence-electron chi connectivity index (χ1n) is 8.49. The number of methoxy groups -OCH3 is 1. The Morgan fingerprint density at radius 2 is 2.00 bits per heavy atom. The molecule has 0 saturated carbocycles. The van der Waals surface area contributed by atoms with Crippen molar-refractivity contribution in [3.63, 3.8) is 0 Å². The smallest absolute Gasteiger partial charge is 0.240 e. The molecule has 1 aliphatic heterocycles. The van der Waals surface area contributed by atoms with E-state index < -0.39 is 15.8 Å². The van der Waals surface area contributed by atoms with Crippen LogP contribution < -0.4 is 18.9 Å².